The van der Waals surface area contributed by atoms with Gasteiger partial charge in [0.2, 0.25) is 0 Å². The van der Waals surface area contributed by atoms with Crippen LogP contribution in [0.1, 0.15) is 12.5 Å². The second-order valence-electron chi connectivity index (χ2n) is 3.20. The van der Waals surface area contributed by atoms with Crippen molar-refractivity contribution in [1.82, 2.24) is 5.32 Å². The third-order valence-electron chi connectivity index (χ3n) is 2.09. The predicted molar refractivity (Wildman–Crippen MR) is 68.3 cm³/mol. The summed E-state index contributed by atoms with van der Waals surface area (Å²) in [5.41, 5.74) is 1.09. The second-order valence-corrected chi connectivity index (χ2v) is 3.20. The van der Waals surface area contributed by atoms with Gasteiger partial charge in [-0.3, -0.25) is 0 Å². The van der Waals surface area contributed by atoms with Crippen LogP contribution in [0.2, 0.25) is 0 Å². The molecule has 0 bridgehead atoms. The van der Waals surface area contributed by atoms with Gasteiger partial charge in [0.1, 0.15) is 5.75 Å². The summed E-state index contributed by atoms with van der Waals surface area (Å²) in [4.78, 5) is 0. The highest BCUT2D eigenvalue weighted by molar-refractivity contribution is 5.57. The average Bonchev–Trinajstić information content (AvgIpc) is 2.34. The zero-order valence-corrected chi connectivity index (χ0v) is 9.79. The highest BCUT2D eigenvalue weighted by Crippen LogP contribution is 2.18. The second kappa shape index (κ2) is 7.56. The van der Waals surface area contributed by atoms with E-state index in [-0.39, 0.29) is 0 Å². The summed E-state index contributed by atoms with van der Waals surface area (Å²) >= 11 is 0. The molecule has 0 aliphatic rings. The molecule has 0 atom stereocenters. The summed E-state index contributed by atoms with van der Waals surface area (Å²) in [6.45, 7) is 3.38. The Balaban J connectivity index is 2.45. The maximum Gasteiger partial charge on any atom is 0.126 e. The van der Waals surface area contributed by atoms with E-state index in [9.17, 15) is 0 Å². The lowest BCUT2D eigenvalue weighted by atomic mass is 10.2. The molecule has 0 aliphatic heterocycles. The van der Waals surface area contributed by atoms with Crippen LogP contribution in [-0.4, -0.2) is 20.2 Å². The lowest BCUT2D eigenvalue weighted by molar-refractivity contribution is 0.414. The minimum absolute atomic E-state index is 0.729. The number of ether oxygens (including phenoxy) is 1. The number of methoxy groups -OCH3 is 1. The minimum atomic E-state index is 0.729. The van der Waals surface area contributed by atoms with Gasteiger partial charge < -0.3 is 10.1 Å². The van der Waals surface area contributed by atoms with Crippen LogP contribution in [0, 0.1) is 11.8 Å². The van der Waals surface area contributed by atoms with Crippen molar-refractivity contribution in [2.45, 2.75) is 6.92 Å². The molecule has 0 aromatic heterocycles. The number of rotatable bonds is 5. The van der Waals surface area contributed by atoms with Gasteiger partial charge in [-0.15, -0.1) is 5.92 Å². The largest absolute Gasteiger partial charge is 0.496 e. The molecule has 84 valence electrons. The Morgan fingerprint density at radius 1 is 1.38 bits per heavy atom. The maximum atomic E-state index is 5.25. The van der Waals surface area contributed by atoms with Crippen molar-refractivity contribution in [2.24, 2.45) is 0 Å². The van der Waals surface area contributed by atoms with Crippen molar-refractivity contribution < 1.29 is 4.74 Å². The third-order valence-corrected chi connectivity index (χ3v) is 2.09. The van der Waals surface area contributed by atoms with Gasteiger partial charge in [-0.25, -0.2) is 0 Å². The van der Waals surface area contributed by atoms with Gasteiger partial charge in [-0.1, -0.05) is 36.3 Å². The molecule has 0 saturated carbocycles. The van der Waals surface area contributed by atoms with E-state index in [2.05, 4.69) is 23.2 Å². The first-order chi connectivity index (χ1) is 7.88. The molecule has 2 nitrogen and oxygen atoms in total. The average molecular weight is 215 g/mol. The fourth-order valence-corrected chi connectivity index (χ4v) is 1.30. The zero-order chi connectivity index (χ0) is 11.6. The van der Waals surface area contributed by atoms with Gasteiger partial charge in [0.25, 0.3) is 0 Å². The van der Waals surface area contributed by atoms with Gasteiger partial charge in [-0.05, 0) is 13.0 Å². The monoisotopic (exact) mass is 215 g/mol. The van der Waals surface area contributed by atoms with E-state index in [4.69, 9.17) is 4.74 Å². The Labute approximate surface area is 97.3 Å². The van der Waals surface area contributed by atoms with Crippen LogP contribution < -0.4 is 10.1 Å². The van der Waals surface area contributed by atoms with Crippen molar-refractivity contribution in [3.8, 4) is 17.6 Å². The van der Waals surface area contributed by atoms with Crippen molar-refractivity contribution in [3.05, 3.63) is 35.9 Å². The third kappa shape index (κ3) is 4.20. The molecule has 16 heavy (non-hydrogen) atoms. The Kier molecular flexibility index (Phi) is 5.83. The summed E-state index contributed by atoms with van der Waals surface area (Å²) in [6.07, 6.45) is 4.11. The normalized spacial score (nSPS) is 9.88. The fraction of sp³-hybridized carbons (Fsp3) is 0.286. The molecule has 1 rings (SSSR count). The lowest BCUT2D eigenvalue weighted by Crippen LogP contribution is -2.13. The van der Waals surface area contributed by atoms with Crippen LogP contribution in [0.15, 0.2) is 30.3 Å². The van der Waals surface area contributed by atoms with Gasteiger partial charge in [0.15, 0.2) is 0 Å². The first-order valence-electron chi connectivity index (χ1n) is 5.28. The molecule has 1 aromatic carbocycles. The molecule has 0 heterocycles. The quantitative estimate of drug-likeness (QED) is 0.601. The first-order valence-corrected chi connectivity index (χ1v) is 5.28. The molecular weight excluding hydrogens is 198 g/mol. The number of hydrogen-bond acceptors (Lipinski definition) is 2. The van der Waals surface area contributed by atoms with Crippen molar-refractivity contribution in [2.75, 3.05) is 20.2 Å². The zero-order valence-electron chi connectivity index (χ0n) is 9.79. The predicted octanol–water partition coefficient (Wildman–Crippen LogP) is 2.32. The maximum absolute atomic E-state index is 5.25. The van der Waals surface area contributed by atoms with E-state index in [0.717, 1.165) is 24.4 Å². The lowest BCUT2D eigenvalue weighted by Gasteiger charge is -2.03. The Hall–Kier alpha value is -1.72. The van der Waals surface area contributed by atoms with Crippen molar-refractivity contribution >= 4 is 6.08 Å². The smallest absolute Gasteiger partial charge is 0.126 e. The van der Waals surface area contributed by atoms with Gasteiger partial charge >= 0.3 is 0 Å². The van der Waals surface area contributed by atoms with E-state index in [1.165, 1.54) is 0 Å². The van der Waals surface area contributed by atoms with Crippen LogP contribution >= 0.6 is 0 Å². The Bertz CT molecular complexity index is 399. The van der Waals surface area contributed by atoms with E-state index < -0.39 is 0 Å². The molecule has 0 aliphatic carbocycles. The van der Waals surface area contributed by atoms with E-state index in [1.807, 2.05) is 37.3 Å². The summed E-state index contributed by atoms with van der Waals surface area (Å²) in [6, 6.07) is 7.94. The van der Waals surface area contributed by atoms with Crippen LogP contribution in [0.5, 0.6) is 5.75 Å². The molecule has 0 radical (unpaired) electrons. The van der Waals surface area contributed by atoms with Crippen molar-refractivity contribution in [3.63, 3.8) is 0 Å². The highest BCUT2D eigenvalue weighted by Gasteiger charge is 1.95. The van der Waals surface area contributed by atoms with Gasteiger partial charge in [0, 0.05) is 12.1 Å². The van der Waals surface area contributed by atoms with Crippen LogP contribution in [0.4, 0.5) is 0 Å². The number of nitrogens with one attached hydrogen (secondary N) is 1. The standard InChI is InChI=1S/C14H17NO/c1-3-4-11-15-12-7-9-13-8-5-6-10-14(13)16-2/h5-10,15H,11-12H2,1-2H3/b9-7+. The molecule has 1 N–H and O–H groups in total. The van der Waals surface area contributed by atoms with E-state index >= 15 is 0 Å². The molecule has 2 heteroatoms. The summed E-state index contributed by atoms with van der Waals surface area (Å²) in [7, 11) is 1.68. The Morgan fingerprint density at radius 2 is 2.19 bits per heavy atom. The molecule has 0 saturated heterocycles. The first kappa shape index (κ1) is 12.4. The number of hydrogen-bond donors (Lipinski definition) is 1. The van der Waals surface area contributed by atoms with Crippen molar-refractivity contribution in [1.29, 1.82) is 0 Å². The Morgan fingerprint density at radius 3 is 2.94 bits per heavy atom. The molecule has 0 unspecified atom stereocenters. The summed E-state index contributed by atoms with van der Waals surface area (Å²) in [5, 5.41) is 3.19. The number of para-hydroxylation sites is 1. The van der Waals surface area contributed by atoms with Crippen LogP contribution in [0.3, 0.4) is 0 Å². The van der Waals surface area contributed by atoms with Gasteiger partial charge in [0.05, 0.1) is 13.7 Å². The fourth-order valence-electron chi connectivity index (χ4n) is 1.30. The SMILES string of the molecule is CC#CCNC/C=C/c1ccccc1OC. The molecule has 1 aromatic rings. The summed E-state index contributed by atoms with van der Waals surface area (Å²) < 4.78 is 5.25. The van der Waals surface area contributed by atoms with Gasteiger partial charge in [-0.2, -0.15) is 0 Å². The number of benzene rings is 1. The molecule has 0 amide bonds. The van der Waals surface area contributed by atoms with Crippen LogP contribution in [0.25, 0.3) is 6.08 Å². The van der Waals surface area contributed by atoms with E-state index in [1.54, 1.807) is 7.11 Å². The minimum Gasteiger partial charge on any atom is -0.496 e. The summed E-state index contributed by atoms with van der Waals surface area (Å²) in [5.74, 6) is 6.68. The molecular formula is C14H17NO. The molecule has 0 fully saturated rings. The van der Waals surface area contributed by atoms with Crippen LogP contribution in [-0.2, 0) is 0 Å². The topological polar surface area (TPSA) is 21.3 Å². The highest BCUT2D eigenvalue weighted by atomic mass is 16.5. The molecule has 0 spiro atoms. The van der Waals surface area contributed by atoms with E-state index in [0.29, 0.717) is 0 Å².